The predicted octanol–water partition coefficient (Wildman–Crippen LogP) is -1.50. The smallest absolute Gasteiger partial charge is 0.243 e. The van der Waals surface area contributed by atoms with Crippen molar-refractivity contribution in [3.63, 3.8) is 0 Å². The molecule has 1 fully saturated rings. The summed E-state index contributed by atoms with van der Waals surface area (Å²) in [5.74, 6) is -0.565. The van der Waals surface area contributed by atoms with Crippen molar-refractivity contribution < 1.29 is 19.1 Å². The van der Waals surface area contributed by atoms with Crippen molar-refractivity contribution in [1.29, 1.82) is 0 Å². The maximum atomic E-state index is 11.4. The van der Waals surface area contributed by atoms with Crippen molar-refractivity contribution in [1.82, 2.24) is 9.80 Å². The van der Waals surface area contributed by atoms with Gasteiger partial charge < -0.3 is 14.5 Å². The number of methoxy groups -OCH3 is 1. The van der Waals surface area contributed by atoms with E-state index in [2.05, 4.69) is 4.74 Å². The third-order valence-electron chi connectivity index (χ3n) is 2.15. The molecule has 0 saturated carbocycles. The fraction of sp³-hybridized carbons (Fsp3) is 0.667. The lowest BCUT2D eigenvalue weighted by atomic mass is 10.3. The number of amides is 2. The number of hydrogen-bond acceptors (Lipinski definition) is 4. The van der Waals surface area contributed by atoms with Gasteiger partial charge in [0.25, 0.3) is 0 Å². The first-order valence-corrected chi connectivity index (χ1v) is 4.57. The Labute approximate surface area is 87.8 Å². The molecule has 0 spiro atoms. The van der Waals surface area contributed by atoms with Crippen LogP contribution >= 0.6 is 0 Å². The SMILES string of the molecule is COCC(=O)CN1CC(=O)N(C)CC1=O. The molecule has 0 N–H and O–H groups in total. The number of carbonyl (C=O) groups excluding carboxylic acids is 3. The Morgan fingerprint density at radius 1 is 1.33 bits per heavy atom. The van der Waals surface area contributed by atoms with Crippen LogP contribution in [0.4, 0.5) is 0 Å². The van der Waals surface area contributed by atoms with Gasteiger partial charge in [-0.2, -0.15) is 0 Å². The Morgan fingerprint density at radius 3 is 2.60 bits per heavy atom. The van der Waals surface area contributed by atoms with Crippen LogP contribution in [0.25, 0.3) is 0 Å². The minimum atomic E-state index is -0.207. The second-order valence-electron chi connectivity index (χ2n) is 3.47. The lowest BCUT2D eigenvalue weighted by molar-refractivity contribution is -0.150. The third-order valence-corrected chi connectivity index (χ3v) is 2.15. The molecule has 0 bridgehead atoms. The van der Waals surface area contributed by atoms with Crippen LogP contribution in [0.5, 0.6) is 0 Å². The molecule has 0 unspecified atom stereocenters. The molecule has 1 rings (SSSR count). The predicted molar refractivity (Wildman–Crippen MR) is 51.1 cm³/mol. The molecule has 84 valence electrons. The highest BCUT2D eigenvalue weighted by atomic mass is 16.5. The summed E-state index contributed by atoms with van der Waals surface area (Å²) in [6.07, 6.45) is 0. The van der Waals surface area contributed by atoms with E-state index in [1.807, 2.05) is 0 Å². The summed E-state index contributed by atoms with van der Waals surface area (Å²) in [5.41, 5.74) is 0. The topological polar surface area (TPSA) is 66.9 Å². The number of piperazine rings is 1. The summed E-state index contributed by atoms with van der Waals surface area (Å²) in [4.78, 5) is 36.5. The Kier molecular flexibility index (Phi) is 3.79. The molecule has 0 atom stereocenters. The number of Topliss-reactive ketones (excluding diaryl/α,β-unsaturated/α-hetero) is 1. The van der Waals surface area contributed by atoms with E-state index in [1.54, 1.807) is 7.05 Å². The zero-order chi connectivity index (χ0) is 11.4. The Balaban J connectivity index is 2.51. The number of ketones is 1. The number of carbonyl (C=O) groups is 3. The highest BCUT2D eigenvalue weighted by Crippen LogP contribution is 2.02. The van der Waals surface area contributed by atoms with Gasteiger partial charge in [0.1, 0.15) is 13.2 Å². The molecule has 1 aliphatic heterocycles. The summed E-state index contributed by atoms with van der Waals surface area (Å²) in [6, 6.07) is 0. The summed E-state index contributed by atoms with van der Waals surface area (Å²) < 4.78 is 4.65. The minimum Gasteiger partial charge on any atom is -0.377 e. The number of ether oxygens (including phenoxy) is 1. The largest absolute Gasteiger partial charge is 0.377 e. The van der Waals surface area contributed by atoms with Crippen molar-refractivity contribution >= 4 is 17.6 Å². The second-order valence-corrected chi connectivity index (χ2v) is 3.47. The van der Waals surface area contributed by atoms with E-state index in [0.29, 0.717) is 0 Å². The quantitative estimate of drug-likeness (QED) is 0.571. The first kappa shape index (κ1) is 11.6. The van der Waals surface area contributed by atoms with Crippen molar-refractivity contribution in [3.05, 3.63) is 0 Å². The second kappa shape index (κ2) is 4.88. The normalized spacial score (nSPS) is 17.2. The Morgan fingerprint density at radius 2 is 2.00 bits per heavy atom. The molecular formula is C9H14N2O4. The van der Waals surface area contributed by atoms with E-state index < -0.39 is 0 Å². The van der Waals surface area contributed by atoms with Crippen LogP contribution < -0.4 is 0 Å². The zero-order valence-corrected chi connectivity index (χ0v) is 8.86. The molecule has 1 heterocycles. The first-order chi connectivity index (χ1) is 7.04. The van der Waals surface area contributed by atoms with Crippen LogP contribution in [0.15, 0.2) is 0 Å². The van der Waals surface area contributed by atoms with Crippen LogP contribution in [0.1, 0.15) is 0 Å². The van der Waals surface area contributed by atoms with Crippen molar-refractivity contribution in [2.45, 2.75) is 0 Å². The number of hydrogen-bond donors (Lipinski definition) is 0. The molecule has 2 amide bonds. The van der Waals surface area contributed by atoms with Gasteiger partial charge in [-0.3, -0.25) is 14.4 Å². The average molecular weight is 214 g/mol. The van der Waals surface area contributed by atoms with Gasteiger partial charge in [-0.05, 0) is 0 Å². The van der Waals surface area contributed by atoms with Gasteiger partial charge in [0.15, 0.2) is 5.78 Å². The van der Waals surface area contributed by atoms with Gasteiger partial charge in [0.2, 0.25) is 11.8 Å². The van der Waals surface area contributed by atoms with Gasteiger partial charge in [0, 0.05) is 14.2 Å². The maximum absolute atomic E-state index is 11.4. The monoisotopic (exact) mass is 214 g/mol. The van der Waals surface area contributed by atoms with E-state index in [4.69, 9.17) is 0 Å². The molecule has 0 aliphatic carbocycles. The molecule has 0 radical (unpaired) electrons. The van der Waals surface area contributed by atoms with Gasteiger partial charge in [-0.15, -0.1) is 0 Å². The zero-order valence-electron chi connectivity index (χ0n) is 8.86. The molecule has 6 heteroatoms. The third kappa shape index (κ3) is 3.02. The minimum absolute atomic E-state index is 0.0230. The lowest BCUT2D eigenvalue weighted by Gasteiger charge is -2.31. The standard InChI is InChI=1S/C9H14N2O4/c1-10-4-9(14)11(5-8(10)13)3-7(12)6-15-2/h3-6H2,1-2H3. The van der Waals surface area contributed by atoms with Gasteiger partial charge in [0.05, 0.1) is 13.1 Å². The van der Waals surface area contributed by atoms with Crippen LogP contribution in [0.2, 0.25) is 0 Å². The number of likely N-dealkylation sites (N-methyl/N-ethyl adjacent to an activating group) is 1. The summed E-state index contributed by atoms with van der Waals surface area (Å²) >= 11 is 0. The molecule has 1 saturated heterocycles. The van der Waals surface area contributed by atoms with Gasteiger partial charge >= 0.3 is 0 Å². The van der Waals surface area contributed by atoms with Crippen LogP contribution in [-0.2, 0) is 19.1 Å². The van der Waals surface area contributed by atoms with E-state index >= 15 is 0 Å². The molecular weight excluding hydrogens is 200 g/mol. The van der Waals surface area contributed by atoms with Crippen LogP contribution in [-0.4, -0.2) is 67.8 Å². The fourth-order valence-electron chi connectivity index (χ4n) is 1.33. The highest BCUT2D eigenvalue weighted by molar-refractivity contribution is 5.95. The van der Waals surface area contributed by atoms with Crippen molar-refractivity contribution in [2.75, 3.05) is 40.4 Å². The Bertz CT molecular complexity index is 290. The fourth-order valence-corrected chi connectivity index (χ4v) is 1.33. The molecule has 6 nitrogen and oxygen atoms in total. The van der Waals surface area contributed by atoms with Crippen molar-refractivity contribution in [2.24, 2.45) is 0 Å². The molecule has 15 heavy (non-hydrogen) atoms. The van der Waals surface area contributed by atoms with E-state index in [0.717, 1.165) is 0 Å². The number of rotatable bonds is 4. The van der Waals surface area contributed by atoms with E-state index in [9.17, 15) is 14.4 Å². The van der Waals surface area contributed by atoms with E-state index in [1.165, 1.54) is 16.9 Å². The highest BCUT2D eigenvalue weighted by Gasteiger charge is 2.28. The molecule has 1 aliphatic rings. The average Bonchev–Trinajstić information content (AvgIpc) is 2.14. The molecule has 0 aromatic heterocycles. The van der Waals surface area contributed by atoms with Crippen LogP contribution in [0, 0.1) is 0 Å². The van der Waals surface area contributed by atoms with Gasteiger partial charge in [-0.25, -0.2) is 0 Å². The van der Waals surface area contributed by atoms with Crippen molar-refractivity contribution in [3.8, 4) is 0 Å². The summed E-state index contributed by atoms with van der Waals surface area (Å²) in [5, 5.41) is 0. The molecule has 0 aromatic carbocycles. The van der Waals surface area contributed by atoms with E-state index in [-0.39, 0.29) is 43.8 Å². The summed E-state index contributed by atoms with van der Waals surface area (Å²) in [7, 11) is 2.98. The summed E-state index contributed by atoms with van der Waals surface area (Å²) in [6.45, 7) is -0.0655. The van der Waals surface area contributed by atoms with Crippen LogP contribution in [0.3, 0.4) is 0 Å². The molecule has 0 aromatic rings. The van der Waals surface area contributed by atoms with Gasteiger partial charge in [-0.1, -0.05) is 0 Å². The first-order valence-electron chi connectivity index (χ1n) is 4.57. The maximum Gasteiger partial charge on any atom is 0.243 e. The Hall–Kier alpha value is -1.43. The number of nitrogens with zero attached hydrogens (tertiary/aromatic N) is 2. The lowest BCUT2D eigenvalue weighted by Crippen LogP contribution is -2.53.